The first-order valence-electron chi connectivity index (χ1n) is 10.1. The van der Waals surface area contributed by atoms with E-state index in [1.807, 2.05) is 0 Å². The molecule has 1 saturated heterocycles. The summed E-state index contributed by atoms with van der Waals surface area (Å²) < 4.78 is 38.3. The Labute approximate surface area is 181 Å². The van der Waals surface area contributed by atoms with Gasteiger partial charge in [-0.2, -0.15) is 0 Å². The number of benzene rings is 2. The molecule has 0 aliphatic carbocycles. The molecule has 4 rings (SSSR count). The Kier molecular flexibility index (Phi) is 6.20. The van der Waals surface area contributed by atoms with Gasteiger partial charge >= 0.3 is 0 Å². The van der Waals surface area contributed by atoms with Gasteiger partial charge in [0.2, 0.25) is 5.91 Å². The van der Waals surface area contributed by atoms with Gasteiger partial charge in [0.1, 0.15) is 0 Å². The van der Waals surface area contributed by atoms with Crippen LogP contribution in [0.1, 0.15) is 35.6 Å². The summed E-state index contributed by atoms with van der Waals surface area (Å²) in [6.45, 7) is 2.14. The molecule has 1 fully saturated rings. The van der Waals surface area contributed by atoms with Crippen molar-refractivity contribution in [2.24, 2.45) is 0 Å². The van der Waals surface area contributed by atoms with Crippen LogP contribution in [0.25, 0.3) is 0 Å². The molecular formula is C22H24ClNO5S. The number of hydrogen-bond donors (Lipinski definition) is 0. The topological polar surface area (TPSA) is 72.9 Å². The standard InChI is InChI=1S/C22H24ClNO5S/c23-18-13-16(14-19-20(18)29-12-6-11-28-19)15-30(26,27)21(17-7-2-1-3-8-17)22(25)24-9-4-5-10-24/h1-3,7-8,13-14,21H,4-6,9-12,15H2. The van der Waals surface area contributed by atoms with Crippen molar-refractivity contribution in [1.29, 1.82) is 0 Å². The van der Waals surface area contributed by atoms with Crippen LogP contribution in [0, 0.1) is 0 Å². The van der Waals surface area contributed by atoms with E-state index in [2.05, 4.69) is 0 Å². The number of nitrogens with zero attached hydrogens (tertiary/aromatic N) is 1. The molecule has 2 aromatic rings. The third kappa shape index (κ3) is 4.42. The molecule has 0 aromatic heterocycles. The number of hydrogen-bond acceptors (Lipinski definition) is 5. The van der Waals surface area contributed by atoms with Crippen molar-refractivity contribution < 1.29 is 22.7 Å². The molecule has 2 heterocycles. The lowest BCUT2D eigenvalue weighted by molar-refractivity contribution is -0.129. The number of sulfone groups is 1. The van der Waals surface area contributed by atoms with E-state index >= 15 is 0 Å². The molecule has 0 spiro atoms. The van der Waals surface area contributed by atoms with E-state index in [1.54, 1.807) is 47.4 Å². The maximum atomic E-state index is 13.5. The second-order valence-electron chi connectivity index (χ2n) is 7.59. The van der Waals surface area contributed by atoms with Gasteiger partial charge in [-0.15, -0.1) is 0 Å². The average Bonchev–Trinajstić information content (AvgIpc) is 3.14. The molecule has 8 heteroatoms. The first-order valence-corrected chi connectivity index (χ1v) is 12.2. The molecule has 2 aromatic carbocycles. The molecule has 2 aliphatic rings. The molecule has 6 nitrogen and oxygen atoms in total. The van der Waals surface area contributed by atoms with Crippen molar-refractivity contribution >= 4 is 27.3 Å². The largest absolute Gasteiger partial charge is 0.489 e. The number of rotatable bonds is 5. The normalized spacial score (nSPS) is 17.4. The highest BCUT2D eigenvalue weighted by Crippen LogP contribution is 2.39. The van der Waals surface area contributed by atoms with E-state index < -0.39 is 15.1 Å². The highest BCUT2D eigenvalue weighted by Gasteiger charge is 2.38. The van der Waals surface area contributed by atoms with Gasteiger partial charge in [-0.05, 0) is 36.1 Å². The summed E-state index contributed by atoms with van der Waals surface area (Å²) in [7, 11) is -3.86. The predicted octanol–water partition coefficient (Wildman–Crippen LogP) is 3.78. The van der Waals surface area contributed by atoms with Gasteiger partial charge in [-0.25, -0.2) is 8.42 Å². The van der Waals surface area contributed by atoms with Crippen LogP contribution in [0.3, 0.4) is 0 Å². The lowest BCUT2D eigenvalue weighted by Crippen LogP contribution is -2.36. The summed E-state index contributed by atoms with van der Waals surface area (Å²) in [5, 5.41) is -0.937. The minimum atomic E-state index is -3.86. The second kappa shape index (κ2) is 8.86. The lowest BCUT2D eigenvalue weighted by atomic mass is 10.1. The summed E-state index contributed by atoms with van der Waals surface area (Å²) in [6, 6.07) is 11.9. The lowest BCUT2D eigenvalue weighted by Gasteiger charge is -2.24. The van der Waals surface area contributed by atoms with Gasteiger partial charge in [-0.3, -0.25) is 4.79 Å². The zero-order valence-corrected chi connectivity index (χ0v) is 18.1. The highest BCUT2D eigenvalue weighted by atomic mass is 35.5. The third-order valence-electron chi connectivity index (χ3n) is 5.33. The van der Waals surface area contributed by atoms with Gasteiger partial charge < -0.3 is 14.4 Å². The van der Waals surface area contributed by atoms with Crippen molar-refractivity contribution in [2.75, 3.05) is 26.3 Å². The molecule has 0 saturated carbocycles. The average molecular weight is 450 g/mol. The van der Waals surface area contributed by atoms with Crippen LogP contribution < -0.4 is 9.47 Å². The SMILES string of the molecule is O=C(C(c1ccccc1)S(=O)(=O)Cc1cc(Cl)c2c(c1)OCCCO2)N1CCCC1. The zero-order valence-electron chi connectivity index (χ0n) is 16.6. The fourth-order valence-electron chi connectivity index (χ4n) is 3.92. The molecular weight excluding hydrogens is 426 g/mol. The fourth-order valence-corrected chi connectivity index (χ4v) is 6.03. The molecule has 1 atom stereocenters. The number of halogens is 1. The second-order valence-corrected chi connectivity index (χ2v) is 10.1. The molecule has 0 bridgehead atoms. The Balaban J connectivity index is 1.68. The molecule has 2 aliphatic heterocycles. The maximum absolute atomic E-state index is 13.5. The van der Waals surface area contributed by atoms with Crippen molar-refractivity contribution in [3.8, 4) is 11.5 Å². The molecule has 0 N–H and O–H groups in total. The summed E-state index contributed by atoms with van der Waals surface area (Å²) >= 11 is 6.34. The summed E-state index contributed by atoms with van der Waals surface area (Å²) in [4.78, 5) is 14.9. The fraction of sp³-hybridized carbons (Fsp3) is 0.409. The van der Waals surface area contributed by atoms with Gasteiger partial charge in [0.05, 0.1) is 24.0 Å². The number of likely N-dealkylation sites (tertiary alicyclic amines) is 1. The van der Waals surface area contributed by atoms with Gasteiger partial charge in [0.25, 0.3) is 0 Å². The van der Waals surface area contributed by atoms with Crippen molar-refractivity contribution in [3.63, 3.8) is 0 Å². The summed E-state index contributed by atoms with van der Waals surface area (Å²) in [5.74, 6) is 0.192. The minimum Gasteiger partial charge on any atom is -0.489 e. The van der Waals surface area contributed by atoms with Crippen LogP contribution in [0.15, 0.2) is 42.5 Å². The number of carbonyl (C=O) groups excluding carboxylic acids is 1. The Morgan fingerprint density at radius 1 is 1.03 bits per heavy atom. The van der Waals surface area contributed by atoms with Crippen LogP contribution in [0.2, 0.25) is 5.02 Å². The molecule has 30 heavy (non-hydrogen) atoms. The number of ether oxygens (including phenoxy) is 2. The Hall–Kier alpha value is -2.25. The van der Waals surface area contributed by atoms with E-state index in [0.29, 0.717) is 54.0 Å². The molecule has 1 unspecified atom stereocenters. The third-order valence-corrected chi connectivity index (χ3v) is 7.54. The van der Waals surface area contributed by atoms with E-state index in [4.69, 9.17) is 21.1 Å². The van der Waals surface area contributed by atoms with Gasteiger partial charge in [0.15, 0.2) is 26.6 Å². The molecule has 0 radical (unpaired) electrons. The van der Waals surface area contributed by atoms with Gasteiger partial charge in [-0.1, -0.05) is 41.9 Å². The van der Waals surface area contributed by atoms with Crippen LogP contribution in [0.4, 0.5) is 0 Å². The first-order chi connectivity index (χ1) is 14.5. The smallest absolute Gasteiger partial charge is 0.245 e. The van der Waals surface area contributed by atoms with Crippen molar-refractivity contribution in [1.82, 2.24) is 4.90 Å². The first kappa shape index (κ1) is 21.0. The van der Waals surface area contributed by atoms with E-state index in [9.17, 15) is 13.2 Å². The highest BCUT2D eigenvalue weighted by molar-refractivity contribution is 7.91. The number of amides is 1. The number of fused-ring (bicyclic) bond motifs is 1. The van der Waals surface area contributed by atoms with Crippen LogP contribution in [-0.2, 0) is 20.4 Å². The van der Waals surface area contributed by atoms with Crippen LogP contribution >= 0.6 is 11.6 Å². The Bertz CT molecular complexity index is 1020. The van der Waals surface area contributed by atoms with Crippen LogP contribution in [-0.4, -0.2) is 45.5 Å². The van der Waals surface area contributed by atoms with Crippen molar-refractivity contribution in [2.45, 2.75) is 30.3 Å². The van der Waals surface area contributed by atoms with Crippen LogP contribution in [0.5, 0.6) is 11.5 Å². The Morgan fingerprint density at radius 2 is 1.73 bits per heavy atom. The summed E-state index contributed by atoms with van der Waals surface area (Å²) in [6.07, 6.45) is 2.51. The van der Waals surface area contributed by atoms with E-state index in [-0.39, 0.29) is 11.7 Å². The Morgan fingerprint density at radius 3 is 2.47 bits per heavy atom. The maximum Gasteiger partial charge on any atom is 0.245 e. The quantitative estimate of drug-likeness (QED) is 0.694. The number of carbonyl (C=O) groups is 1. The zero-order chi connectivity index (χ0) is 21.1. The molecule has 1 amide bonds. The molecule has 160 valence electrons. The van der Waals surface area contributed by atoms with E-state index in [1.165, 1.54) is 0 Å². The minimum absolute atomic E-state index is 0.307. The predicted molar refractivity (Wildman–Crippen MR) is 115 cm³/mol. The van der Waals surface area contributed by atoms with Crippen molar-refractivity contribution in [3.05, 3.63) is 58.6 Å². The monoisotopic (exact) mass is 449 g/mol. The van der Waals surface area contributed by atoms with E-state index in [0.717, 1.165) is 19.3 Å². The summed E-state index contributed by atoms with van der Waals surface area (Å²) in [5.41, 5.74) is 0.953. The van der Waals surface area contributed by atoms with Gasteiger partial charge in [0, 0.05) is 19.5 Å².